The lowest BCUT2D eigenvalue weighted by molar-refractivity contribution is -0.314. The summed E-state index contributed by atoms with van der Waals surface area (Å²) in [6.07, 6.45) is -9.76. The first-order chi connectivity index (χ1) is 15.1. The topological polar surface area (TPSA) is 175 Å². The summed E-state index contributed by atoms with van der Waals surface area (Å²) in [7, 11) is 0. The Bertz CT molecular complexity index is 710. The van der Waals surface area contributed by atoms with Crippen molar-refractivity contribution in [2.75, 3.05) is 13.2 Å². The van der Waals surface area contributed by atoms with Crippen LogP contribution in [0.25, 0.3) is 0 Å². The van der Waals surface area contributed by atoms with Crippen molar-refractivity contribution in [3.8, 4) is 0 Å². The minimum atomic E-state index is -1.69. The van der Waals surface area contributed by atoms with E-state index < -0.39 is 67.9 Å². The van der Waals surface area contributed by atoms with Crippen molar-refractivity contribution in [3.05, 3.63) is 23.8 Å². The fourth-order valence-corrected chi connectivity index (χ4v) is 3.92. The third-order valence-electron chi connectivity index (χ3n) is 6.14. The van der Waals surface area contributed by atoms with Gasteiger partial charge in [-0.1, -0.05) is 18.2 Å². The highest BCUT2D eigenvalue weighted by Crippen LogP contribution is 2.30. The van der Waals surface area contributed by atoms with Crippen LogP contribution in [0, 0.1) is 5.92 Å². The molecule has 0 bridgehead atoms. The number of allylic oxidation sites excluding steroid dienone is 2. The first-order valence-corrected chi connectivity index (χ1v) is 10.6. The monoisotopic (exact) mass is 460 g/mol. The van der Waals surface area contributed by atoms with Gasteiger partial charge in [-0.15, -0.1) is 0 Å². The van der Waals surface area contributed by atoms with Gasteiger partial charge in [0.05, 0.1) is 13.2 Å². The van der Waals surface area contributed by atoms with E-state index in [1.807, 2.05) is 6.92 Å². The van der Waals surface area contributed by atoms with E-state index in [9.17, 15) is 35.4 Å². The zero-order chi connectivity index (χ0) is 23.6. The first-order valence-electron chi connectivity index (χ1n) is 10.6. The summed E-state index contributed by atoms with van der Waals surface area (Å²) in [6.45, 7) is 5.16. The zero-order valence-electron chi connectivity index (χ0n) is 17.8. The average molecular weight is 460 g/mol. The van der Waals surface area contributed by atoms with Gasteiger partial charge in [0.1, 0.15) is 42.7 Å². The molecule has 2 aliphatic heterocycles. The molecular formula is C21H32O11. The van der Waals surface area contributed by atoms with Gasteiger partial charge in [0, 0.05) is 5.57 Å². The van der Waals surface area contributed by atoms with E-state index in [0.717, 1.165) is 12.0 Å². The molecule has 0 unspecified atom stereocenters. The van der Waals surface area contributed by atoms with Crippen molar-refractivity contribution >= 4 is 5.97 Å². The lowest BCUT2D eigenvalue weighted by Gasteiger charge is -2.41. The highest BCUT2D eigenvalue weighted by Gasteiger charge is 2.47. The van der Waals surface area contributed by atoms with Gasteiger partial charge < -0.3 is 49.6 Å². The van der Waals surface area contributed by atoms with Crippen molar-refractivity contribution in [2.45, 2.75) is 81.5 Å². The molecule has 11 nitrogen and oxygen atoms in total. The third-order valence-corrected chi connectivity index (χ3v) is 6.14. The lowest BCUT2D eigenvalue weighted by atomic mass is 9.85. The molecule has 0 aromatic carbocycles. The van der Waals surface area contributed by atoms with Gasteiger partial charge in [-0.25, -0.2) is 4.79 Å². The van der Waals surface area contributed by atoms with Crippen LogP contribution in [0.15, 0.2) is 23.8 Å². The second-order valence-electron chi connectivity index (χ2n) is 8.55. The Hall–Kier alpha value is -1.41. The van der Waals surface area contributed by atoms with E-state index in [-0.39, 0.29) is 6.61 Å². The highest BCUT2D eigenvalue weighted by molar-refractivity contribution is 5.88. The standard InChI is InChI=1S/C21H32O11/c1-9(2)10-3-5-11(6-4-10)19(28)32-21-18(27)16(25)15(24)13(31-21)8-30-20-17(26)14(23)12(22)7-29-20/h5,10,12-18,20-27H,1,3-4,6-8H2,2H3/t10-,12-,13-,14+,15-,16+,17-,18-,20+,21+/m1/s1. The molecule has 6 N–H and O–H groups in total. The van der Waals surface area contributed by atoms with Crippen LogP contribution in [0.2, 0.25) is 0 Å². The van der Waals surface area contributed by atoms with Gasteiger partial charge in [0.25, 0.3) is 0 Å². The van der Waals surface area contributed by atoms with Crippen LogP contribution in [0.1, 0.15) is 26.2 Å². The van der Waals surface area contributed by atoms with Crippen LogP contribution < -0.4 is 0 Å². The van der Waals surface area contributed by atoms with Crippen molar-refractivity contribution in [1.29, 1.82) is 0 Å². The largest absolute Gasteiger partial charge is 0.429 e. The molecule has 1 aliphatic carbocycles. The molecule has 0 spiro atoms. The molecule has 0 aromatic rings. The molecule has 3 aliphatic rings. The van der Waals surface area contributed by atoms with Crippen molar-refractivity contribution < 1.29 is 54.4 Å². The summed E-state index contributed by atoms with van der Waals surface area (Å²) in [4.78, 5) is 12.5. The number of aliphatic hydroxyl groups is 6. The van der Waals surface area contributed by atoms with Crippen LogP contribution in [0.4, 0.5) is 0 Å². The number of hydrogen-bond donors (Lipinski definition) is 6. The Morgan fingerprint density at radius 2 is 1.75 bits per heavy atom. The van der Waals surface area contributed by atoms with E-state index in [0.29, 0.717) is 24.3 Å². The van der Waals surface area contributed by atoms with Crippen molar-refractivity contribution in [2.24, 2.45) is 5.92 Å². The maximum absolute atomic E-state index is 12.5. The normalized spacial score (nSPS) is 42.8. The minimum absolute atomic E-state index is 0.278. The van der Waals surface area contributed by atoms with E-state index in [1.54, 1.807) is 6.08 Å². The third kappa shape index (κ3) is 5.56. The SMILES string of the molecule is C=C(C)[C@@H]1CC=C(C(=O)O[C@@H]2O[C@H](CO[C@@H]3OC[C@@H](O)[C@H](O)[C@H]3O)[C@@H](O)[C@H](O)[C@H]2O)CC1. The van der Waals surface area contributed by atoms with Crippen LogP contribution in [0.5, 0.6) is 0 Å². The van der Waals surface area contributed by atoms with Gasteiger partial charge in [0.2, 0.25) is 6.29 Å². The van der Waals surface area contributed by atoms with Gasteiger partial charge in [-0.05, 0) is 32.1 Å². The van der Waals surface area contributed by atoms with E-state index in [4.69, 9.17) is 18.9 Å². The molecule has 32 heavy (non-hydrogen) atoms. The smallest absolute Gasteiger partial charge is 0.336 e. The zero-order valence-corrected chi connectivity index (χ0v) is 17.8. The van der Waals surface area contributed by atoms with E-state index >= 15 is 0 Å². The number of ether oxygens (including phenoxy) is 4. The van der Waals surface area contributed by atoms with Crippen LogP contribution in [0.3, 0.4) is 0 Å². The lowest BCUT2D eigenvalue weighted by Crippen LogP contribution is -2.60. The molecule has 2 fully saturated rings. The number of carbonyl (C=O) groups is 1. The molecule has 2 heterocycles. The second-order valence-corrected chi connectivity index (χ2v) is 8.55. The predicted octanol–water partition coefficient (Wildman–Crippen LogP) is -1.90. The summed E-state index contributed by atoms with van der Waals surface area (Å²) in [5.41, 5.74) is 1.46. The molecule has 182 valence electrons. The van der Waals surface area contributed by atoms with Gasteiger partial charge in [0.15, 0.2) is 6.29 Å². The Labute approximate surface area is 185 Å². The Morgan fingerprint density at radius 3 is 2.38 bits per heavy atom. The highest BCUT2D eigenvalue weighted by atomic mass is 16.7. The van der Waals surface area contributed by atoms with Crippen molar-refractivity contribution in [1.82, 2.24) is 0 Å². The van der Waals surface area contributed by atoms with Crippen LogP contribution in [-0.4, -0.2) is 105 Å². The molecule has 0 amide bonds. The second kappa shape index (κ2) is 10.7. The Morgan fingerprint density at radius 1 is 1.06 bits per heavy atom. The first kappa shape index (κ1) is 25.2. The van der Waals surface area contributed by atoms with Gasteiger partial charge >= 0.3 is 5.97 Å². The van der Waals surface area contributed by atoms with Gasteiger partial charge in [-0.3, -0.25) is 0 Å². The Balaban J connectivity index is 1.58. The van der Waals surface area contributed by atoms with E-state index in [1.165, 1.54) is 0 Å². The average Bonchev–Trinajstić information content (AvgIpc) is 2.78. The maximum Gasteiger partial charge on any atom is 0.336 e. The summed E-state index contributed by atoms with van der Waals surface area (Å²) >= 11 is 0. The summed E-state index contributed by atoms with van der Waals surface area (Å²) in [6, 6.07) is 0. The maximum atomic E-state index is 12.5. The fraction of sp³-hybridized carbons (Fsp3) is 0.762. The summed E-state index contributed by atoms with van der Waals surface area (Å²) < 4.78 is 21.2. The summed E-state index contributed by atoms with van der Waals surface area (Å²) in [5, 5.41) is 59.7. The molecule has 10 atom stereocenters. The molecular weight excluding hydrogens is 428 g/mol. The molecule has 0 radical (unpaired) electrons. The number of rotatable bonds is 6. The Kier molecular flexibility index (Phi) is 8.42. The molecule has 0 aromatic heterocycles. The van der Waals surface area contributed by atoms with Crippen LogP contribution in [-0.2, 0) is 23.7 Å². The molecule has 3 rings (SSSR count). The molecule has 2 saturated heterocycles. The number of esters is 1. The van der Waals surface area contributed by atoms with Crippen molar-refractivity contribution in [3.63, 3.8) is 0 Å². The molecule has 0 saturated carbocycles. The van der Waals surface area contributed by atoms with Gasteiger partial charge in [-0.2, -0.15) is 0 Å². The quantitative estimate of drug-likeness (QED) is 0.193. The van der Waals surface area contributed by atoms with Crippen LogP contribution >= 0.6 is 0 Å². The molecule has 11 heteroatoms. The number of hydrogen-bond acceptors (Lipinski definition) is 11. The number of aliphatic hydroxyl groups excluding tert-OH is 6. The number of carbonyl (C=O) groups excluding carboxylic acids is 1. The van der Waals surface area contributed by atoms with E-state index in [2.05, 4.69) is 6.58 Å². The minimum Gasteiger partial charge on any atom is -0.429 e. The predicted molar refractivity (Wildman–Crippen MR) is 107 cm³/mol. The summed E-state index contributed by atoms with van der Waals surface area (Å²) in [5.74, 6) is -0.404. The fourth-order valence-electron chi connectivity index (χ4n) is 3.92.